The number of nitrogens with zero attached hydrogens (tertiary/aromatic N) is 5. The van der Waals surface area contributed by atoms with Gasteiger partial charge in [-0.05, 0) is 18.6 Å². The lowest BCUT2D eigenvalue weighted by atomic mass is 10.0. The molecule has 0 spiro atoms. The zero-order valence-corrected chi connectivity index (χ0v) is 17.6. The summed E-state index contributed by atoms with van der Waals surface area (Å²) in [5.74, 6) is -0.679. The van der Waals surface area contributed by atoms with Crippen molar-refractivity contribution in [2.75, 3.05) is 31.0 Å². The minimum absolute atomic E-state index is 0.0799. The van der Waals surface area contributed by atoms with Crippen LogP contribution in [0.25, 0.3) is 11.3 Å². The van der Waals surface area contributed by atoms with Gasteiger partial charge in [-0.1, -0.05) is 26.2 Å². The van der Waals surface area contributed by atoms with E-state index in [2.05, 4.69) is 32.7 Å². The van der Waals surface area contributed by atoms with Crippen molar-refractivity contribution in [3.8, 4) is 11.3 Å². The van der Waals surface area contributed by atoms with Crippen LogP contribution < -0.4 is 15.8 Å². The molecule has 0 aliphatic carbocycles. The Morgan fingerprint density at radius 2 is 2.00 bits per heavy atom. The number of pyridine rings is 1. The molecule has 2 heterocycles. The molecule has 10 heteroatoms. The van der Waals surface area contributed by atoms with E-state index >= 15 is 0 Å². The zero-order chi connectivity index (χ0) is 21.9. The number of carbonyl (C=O) groups excluding carboxylic acids is 2. The van der Waals surface area contributed by atoms with Crippen molar-refractivity contribution in [2.45, 2.75) is 32.6 Å². The summed E-state index contributed by atoms with van der Waals surface area (Å²) in [4.78, 5) is 38.0. The lowest BCUT2D eigenvalue weighted by Crippen LogP contribution is -2.40. The maximum atomic E-state index is 12.6. The normalized spacial score (nSPS) is 11.5. The second kappa shape index (κ2) is 11.7. The highest BCUT2D eigenvalue weighted by atomic mass is 16.5. The molecule has 2 aromatic rings. The number of unbranched alkanes of at least 4 members (excludes halogenated alkanes) is 2. The van der Waals surface area contributed by atoms with Crippen molar-refractivity contribution in [1.82, 2.24) is 25.4 Å². The van der Waals surface area contributed by atoms with Gasteiger partial charge in [0.2, 0.25) is 18.3 Å². The average molecular weight is 415 g/mol. The highest BCUT2D eigenvalue weighted by molar-refractivity contribution is 5.80. The number of anilines is 2. The molecular formula is C20H29N7O3. The first kappa shape index (κ1) is 23.0. The Balaban J connectivity index is 2.12. The van der Waals surface area contributed by atoms with Gasteiger partial charge in [-0.25, -0.2) is 15.0 Å². The molecule has 162 valence electrons. The van der Waals surface area contributed by atoms with Crippen molar-refractivity contribution in [2.24, 2.45) is 5.92 Å². The molecule has 1 unspecified atom stereocenters. The second-order valence-electron chi connectivity index (χ2n) is 7.09. The summed E-state index contributed by atoms with van der Waals surface area (Å²) < 4.78 is 0. The monoisotopic (exact) mass is 415 g/mol. The molecule has 0 saturated heterocycles. The Hall–Kier alpha value is -3.27. The number of hydroxylamine groups is 2. The molecule has 2 aromatic heterocycles. The van der Waals surface area contributed by atoms with E-state index in [1.54, 1.807) is 18.6 Å². The van der Waals surface area contributed by atoms with Crippen LogP contribution in [0.3, 0.4) is 0 Å². The van der Waals surface area contributed by atoms with Gasteiger partial charge in [0.1, 0.15) is 0 Å². The van der Waals surface area contributed by atoms with E-state index in [1.165, 1.54) is 0 Å². The molecule has 0 fully saturated rings. The Kier molecular flexibility index (Phi) is 8.95. The molecule has 0 radical (unpaired) electrons. The summed E-state index contributed by atoms with van der Waals surface area (Å²) in [7, 11) is 3.79. The summed E-state index contributed by atoms with van der Waals surface area (Å²) in [5.41, 5.74) is 7.70. The fourth-order valence-corrected chi connectivity index (χ4v) is 2.92. The van der Waals surface area contributed by atoms with Crippen LogP contribution >= 0.6 is 0 Å². The highest BCUT2D eigenvalue weighted by Gasteiger charge is 2.21. The van der Waals surface area contributed by atoms with Crippen molar-refractivity contribution >= 4 is 24.0 Å². The Morgan fingerprint density at radius 1 is 1.27 bits per heavy atom. The molecule has 0 bridgehead atoms. The fraction of sp³-hybridized carbons (Fsp3) is 0.450. The van der Waals surface area contributed by atoms with E-state index in [-0.39, 0.29) is 24.8 Å². The zero-order valence-electron chi connectivity index (χ0n) is 17.6. The van der Waals surface area contributed by atoms with E-state index in [0.717, 1.165) is 30.5 Å². The van der Waals surface area contributed by atoms with Gasteiger partial charge < -0.3 is 4.90 Å². The van der Waals surface area contributed by atoms with Crippen LogP contribution in [0.5, 0.6) is 0 Å². The van der Waals surface area contributed by atoms with E-state index in [4.69, 9.17) is 0 Å². The van der Waals surface area contributed by atoms with Gasteiger partial charge in [0.05, 0.1) is 30.0 Å². The number of nitrogens with one attached hydrogen (secondary N) is 2. The standard InChI is InChI=1S/C20H29N7O3/c1-4-5-6-7-16(13-27(30)14-28)19(29)24-25-20-22-12-17(26(2)3)18(23-20)15-8-10-21-11-9-15/h8-12,14,16,30H,4-7,13H2,1-3H3,(H,24,29)(H,22,23,25). The third kappa shape index (κ3) is 6.66. The summed E-state index contributed by atoms with van der Waals surface area (Å²) in [6, 6.07) is 3.69. The van der Waals surface area contributed by atoms with Crippen LogP contribution in [-0.4, -0.2) is 58.2 Å². The summed E-state index contributed by atoms with van der Waals surface area (Å²) >= 11 is 0. The molecule has 0 saturated carbocycles. The van der Waals surface area contributed by atoms with E-state index in [0.29, 0.717) is 17.2 Å². The molecule has 2 rings (SSSR count). The lowest BCUT2D eigenvalue weighted by molar-refractivity contribution is -0.154. The Bertz CT molecular complexity index is 817. The molecule has 2 amide bonds. The average Bonchev–Trinajstić information content (AvgIpc) is 2.77. The number of hydrogen-bond donors (Lipinski definition) is 3. The second-order valence-corrected chi connectivity index (χ2v) is 7.09. The van der Waals surface area contributed by atoms with Crippen LogP contribution in [-0.2, 0) is 9.59 Å². The predicted octanol–water partition coefficient (Wildman–Crippen LogP) is 2.09. The summed E-state index contributed by atoms with van der Waals surface area (Å²) in [6.45, 7) is 1.99. The largest absolute Gasteiger partial charge is 0.375 e. The quantitative estimate of drug-likeness (QED) is 0.208. The third-order valence-corrected chi connectivity index (χ3v) is 4.56. The molecule has 0 aromatic carbocycles. The molecular weight excluding hydrogens is 386 g/mol. The fourth-order valence-electron chi connectivity index (χ4n) is 2.92. The number of hydrogen-bond acceptors (Lipinski definition) is 8. The SMILES string of the molecule is CCCCCC(CN(O)C=O)C(=O)NNc1ncc(N(C)C)c(-c2ccncc2)n1. The van der Waals surface area contributed by atoms with Crippen molar-refractivity contribution in [3.63, 3.8) is 0 Å². The smallest absolute Gasteiger partial charge is 0.243 e. The summed E-state index contributed by atoms with van der Waals surface area (Å²) in [6.07, 6.45) is 8.66. The number of amides is 2. The lowest BCUT2D eigenvalue weighted by Gasteiger charge is -2.20. The number of carbonyl (C=O) groups is 2. The van der Waals surface area contributed by atoms with Crippen LogP contribution in [0, 0.1) is 5.92 Å². The molecule has 30 heavy (non-hydrogen) atoms. The Morgan fingerprint density at radius 3 is 2.63 bits per heavy atom. The number of hydrazine groups is 1. The van der Waals surface area contributed by atoms with Crippen LogP contribution in [0.15, 0.2) is 30.7 Å². The van der Waals surface area contributed by atoms with Crippen molar-refractivity contribution in [3.05, 3.63) is 30.7 Å². The third-order valence-electron chi connectivity index (χ3n) is 4.56. The summed E-state index contributed by atoms with van der Waals surface area (Å²) in [5, 5.41) is 9.98. The molecule has 10 nitrogen and oxygen atoms in total. The van der Waals surface area contributed by atoms with Gasteiger partial charge in [0.25, 0.3) is 0 Å². The van der Waals surface area contributed by atoms with Crippen LogP contribution in [0.4, 0.5) is 11.6 Å². The van der Waals surface area contributed by atoms with Gasteiger partial charge in [0.15, 0.2) is 0 Å². The topological polar surface area (TPSA) is 124 Å². The number of rotatable bonds is 12. The first-order valence-electron chi connectivity index (χ1n) is 9.87. The first-order valence-corrected chi connectivity index (χ1v) is 9.87. The van der Waals surface area contributed by atoms with Gasteiger partial charge >= 0.3 is 0 Å². The van der Waals surface area contributed by atoms with Gasteiger partial charge in [-0.3, -0.25) is 30.6 Å². The molecule has 1 atom stereocenters. The minimum atomic E-state index is -0.556. The van der Waals surface area contributed by atoms with E-state index in [1.807, 2.05) is 31.1 Å². The molecule has 0 aliphatic heterocycles. The predicted molar refractivity (Wildman–Crippen MR) is 114 cm³/mol. The van der Waals surface area contributed by atoms with Gasteiger partial charge in [-0.2, -0.15) is 0 Å². The van der Waals surface area contributed by atoms with E-state index < -0.39 is 5.92 Å². The van der Waals surface area contributed by atoms with Crippen molar-refractivity contribution in [1.29, 1.82) is 0 Å². The van der Waals surface area contributed by atoms with Gasteiger partial charge in [0, 0.05) is 32.1 Å². The maximum absolute atomic E-state index is 12.6. The van der Waals surface area contributed by atoms with Crippen molar-refractivity contribution < 1.29 is 14.8 Å². The van der Waals surface area contributed by atoms with Crippen LogP contribution in [0.2, 0.25) is 0 Å². The van der Waals surface area contributed by atoms with E-state index in [9.17, 15) is 14.8 Å². The highest BCUT2D eigenvalue weighted by Crippen LogP contribution is 2.27. The molecule has 0 aliphatic rings. The first-order chi connectivity index (χ1) is 14.5. The minimum Gasteiger partial charge on any atom is -0.375 e. The molecule has 3 N–H and O–H groups in total. The number of aromatic nitrogens is 3. The maximum Gasteiger partial charge on any atom is 0.243 e. The van der Waals surface area contributed by atoms with Gasteiger partial charge in [-0.15, -0.1) is 0 Å². The Labute approximate surface area is 176 Å². The van der Waals surface area contributed by atoms with Crippen LogP contribution in [0.1, 0.15) is 32.6 Å².